The van der Waals surface area contributed by atoms with E-state index < -0.39 is 0 Å². The minimum atomic E-state index is 0.303. The molecule has 0 unspecified atom stereocenters. The van der Waals surface area contributed by atoms with Crippen molar-refractivity contribution in [1.82, 2.24) is 4.90 Å². The predicted molar refractivity (Wildman–Crippen MR) is 74.2 cm³/mol. The Morgan fingerprint density at radius 3 is 2.06 bits per heavy atom. The summed E-state index contributed by atoms with van der Waals surface area (Å²) in [7, 11) is 0. The third kappa shape index (κ3) is 10.3. The number of hydrogen-bond donors (Lipinski definition) is 0. The fourth-order valence-electron chi connectivity index (χ4n) is 1.50. The zero-order chi connectivity index (χ0) is 13.5. The average Bonchev–Trinajstić information content (AvgIpc) is 2.44. The minimum Gasteiger partial charge on any atom is -0.378 e. The van der Waals surface area contributed by atoms with Crippen molar-refractivity contribution < 1.29 is 9.53 Å². The van der Waals surface area contributed by atoms with E-state index in [2.05, 4.69) is 6.92 Å². The molecule has 1 aliphatic rings. The van der Waals surface area contributed by atoms with Gasteiger partial charge in [-0.05, 0) is 6.42 Å². The van der Waals surface area contributed by atoms with Gasteiger partial charge in [0.2, 0.25) is 5.91 Å². The van der Waals surface area contributed by atoms with Crippen molar-refractivity contribution in [2.45, 2.75) is 60.3 Å². The smallest absolute Gasteiger partial charge is 0.222 e. The van der Waals surface area contributed by atoms with Crippen molar-refractivity contribution in [3.05, 3.63) is 0 Å². The van der Waals surface area contributed by atoms with Crippen LogP contribution in [0.2, 0.25) is 0 Å². The molecule has 0 spiro atoms. The first-order chi connectivity index (χ1) is 8.34. The summed E-state index contributed by atoms with van der Waals surface area (Å²) in [5.41, 5.74) is 0. The van der Waals surface area contributed by atoms with Crippen LogP contribution in [0.4, 0.5) is 0 Å². The van der Waals surface area contributed by atoms with Gasteiger partial charge < -0.3 is 9.64 Å². The quantitative estimate of drug-likeness (QED) is 0.710. The molecule has 1 amide bonds. The molecule has 0 atom stereocenters. The fourth-order valence-corrected chi connectivity index (χ4v) is 1.50. The molecule has 1 heterocycles. The second-order valence-corrected chi connectivity index (χ2v) is 3.45. The lowest BCUT2D eigenvalue weighted by Gasteiger charge is -2.26. The fraction of sp³-hybridized carbons (Fsp3) is 0.929. The molecule has 1 aliphatic heterocycles. The van der Waals surface area contributed by atoms with E-state index in [4.69, 9.17) is 4.74 Å². The predicted octanol–water partition coefficient (Wildman–Crippen LogP) is 3.48. The maximum atomic E-state index is 11.5. The van der Waals surface area contributed by atoms with Crippen LogP contribution in [0.3, 0.4) is 0 Å². The molecule has 0 aliphatic carbocycles. The third-order valence-electron chi connectivity index (χ3n) is 2.36. The normalized spacial score (nSPS) is 14.1. The summed E-state index contributed by atoms with van der Waals surface area (Å²) in [5.74, 6) is 0.303. The zero-order valence-electron chi connectivity index (χ0n) is 12.4. The number of nitrogens with zero attached hydrogens (tertiary/aromatic N) is 1. The number of hydrogen-bond acceptors (Lipinski definition) is 2. The molecule has 0 aromatic rings. The summed E-state index contributed by atoms with van der Waals surface area (Å²) in [6.07, 6.45) is 4.09. The standard InChI is InChI=1S/C10H19NO2.2C2H6/c1-2-3-4-5-10(12)11-6-8-13-9-7-11;2*1-2/h2-9H2,1H3;2*1-2H3. The van der Waals surface area contributed by atoms with Gasteiger partial charge in [-0.15, -0.1) is 0 Å². The van der Waals surface area contributed by atoms with Crippen LogP contribution >= 0.6 is 0 Å². The number of rotatable bonds is 4. The summed E-state index contributed by atoms with van der Waals surface area (Å²) in [5, 5.41) is 0. The van der Waals surface area contributed by atoms with E-state index in [1.54, 1.807) is 0 Å². The molecular formula is C14H31NO2. The van der Waals surface area contributed by atoms with Crippen molar-refractivity contribution in [2.24, 2.45) is 0 Å². The molecule has 0 aromatic carbocycles. The van der Waals surface area contributed by atoms with E-state index >= 15 is 0 Å². The van der Waals surface area contributed by atoms with Crippen LogP contribution in [-0.2, 0) is 9.53 Å². The van der Waals surface area contributed by atoms with Crippen LogP contribution < -0.4 is 0 Å². The molecule has 1 fully saturated rings. The Labute approximate surface area is 108 Å². The van der Waals surface area contributed by atoms with E-state index in [0.29, 0.717) is 25.5 Å². The first-order valence-electron chi connectivity index (χ1n) is 7.20. The molecule has 0 bridgehead atoms. The van der Waals surface area contributed by atoms with Gasteiger partial charge in [0.05, 0.1) is 13.2 Å². The van der Waals surface area contributed by atoms with E-state index in [1.807, 2.05) is 32.6 Å². The minimum absolute atomic E-state index is 0.303. The van der Waals surface area contributed by atoms with Crippen molar-refractivity contribution in [3.8, 4) is 0 Å². The highest BCUT2D eigenvalue weighted by Gasteiger charge is 2.15. The SMILES string of the molecule is CC.CC.CCCCCC(=O)N1CCOCC1. The van der Waals surface area contributed by atoms with Gasteiger partial charge in [0.15, 0.2) is 0 Å². The van der Waals surface area contributed by atoms with Crippen molar-refractivity contribution >= 4 is 5.91 Å². The van der Waals surface area contributed by atoms with E-state index in [-0.39, 0.29) is 0 Å². The highest BCUT2D eigenvalue weighted by Crippen LogP contribution is 2.05. The first-order valence-corrected chi connectivity index (χ1v) is 7.20. The molecule has 3 heteroatoms. The highest BCUT2D eigenvalue weighted by atomic mass is 16.5. The van der Waals surface area contributed by atoms with Crippen LogP contribution in [0, 0.1) is 0 Å². The Morgan fingerprint density at radius 2 is 1.59 bits per heavy atom. The summed E-state index contributed by atoms with van der Waals surface area (Å²) in [4.78, 5) is 13.5. The lowest BCUT2D eigenvalue weighted by molar-refractivity contribution is -0.135. The summed E-state index contributed by atoms with van der Waals surface area (Å²) < 4.78 is 5.18. The number of carbonyl (C=O) groups excluding carboxylic acids is 1. The van der Waals surface area contributed by atoms with Crippen LogP contribution in [-0.4, -0.2) is 37.1 Å². The van der Waals surface area contributed by atoms with Gasteiger partial charge >= 0.3 is 0 Å². The maximum absolute atomic E-state index is 11.5. The van der Waals surface area contributed by atoms with Crippen LogP contribution in [0.25, 0.3) is 0 Å². The Balaban J connectivity index is 0. The van der Waals surface area contributed by atoms with Gasteiger partial charge in [-0.3, -0.25) is 4.79 Å². The molecule has 0 N–H and O–H groups in total. The van der Waals surface area contributed by atoms with Gasteiger partial charge in [0.25, 0.3) is 0 Å². The van der Waals surface area contributed by atoms with Crippen molar-refractivity contribution in [2.75, 3.05) is 26.3 Å². The van der Waals surface area contributed by atoms with Gasteiger partial charge in [0, 0.05) is 19.5 Å². The van der Waals surface area contributed by atoms with Gasteiger partial charge in [-0.2, -0.15) is 0 Å². The molecule has 3 nitrogen and oxygen atoms in total. The summed E-state index contributed by atoms with van der Waals surface area (Å²) in [6, 6.07) is 0. The Bertz CT molecular complexity index is 154. The number of carbonyl (C=O) groups is 1. The number of ether oxygens (including phenoxy) is 1. The van der Waals surface area contributed by atoms with E-state index in [9.17, 15) is 4.79 Å². The summed E-state index contributed by atoms with van der Waals surface area (Å²) >= 11 is 0. The van der Waals surface area contributed by atoms with Crippen LogP contribution in [0.15, 0.2) is 0 Å². The van der Waals surface area contributed by atoms with Gasteiger partial charge in [-0.1, -0.05) is 47.5 Å². The molecule has 104 valence electrons. The number of unbranched alkanes of at least 4 members (excludes halogenated alkanes) is 2. The van der Waals surface area contributed by atoms with Gasteiger partial charge in [0.1, 0.15) is 0 Å². The second kappa shape index (κ2) is 15.4. The van der Waals surface area contributed by atoms with E-state index in [1.165, 1.54) is 6.42 Å². The second-order valence-electron chi connectivity index (χ2n) is 3.45. The monoisotopic (exact) mass is 245 g/mol. The van der Waals surface area contributed by atoms with Crippen molar-refractivity contribution in [3.63, 3.8) is 0 Å². The molecule has 17 heavy (non-hydrogen) atoms. The maximum Gasteiger partial charge on any atom is 0.222 e. The number of amides is 1. The Hall–Kier alpha value is -0.570. The average molecular weight is 245 g/mol. The highest BCUT2D eigenvalue weighted by molar-refractivity contribution is 5.76. The van der Waals surface area contributed by atoms with E-state index in [0.717, 1.165) is 25.9 Å². The van der Waals surface area contributed by atoms with Gasteiger partial charge in [-0.25, -0.2) is 0 Å². The largest absolute Gasteiger partial charge is 0.378 e. The summed E-state index contributed by atoms with van der Waals surface area (Å²) in [6.45, 7) is 13.1. The number of morpholine rings is 1. The molecule has 1 saturated heterocycles. The topological polar surface area (TPSA) is 29.5 Å². The Morgan fingerprint density at radius 1 is 1.06 bits per heavy atom. The molecule has 0 saturated carbocycles. The molecule has 1 rings (SSSR count). The first kappa shape index (κ1) is 18.8. The lowest BCUT2D eigenvalue weighted by Crippen LogP contribution is -2.40. The van der Waals surface area contributed by atoms with Crippen molar-refractivity contribution in [1.29, 1.82) is 0 Å². The molecular weight excluding hydrogens is 214 g/mol. The lowest BCUT2D eigenvalue weighted by atomic mass is 10.2. The van der Waals surface area contributed by atoms with Crippen LogP contribution in [0.5, 0.6) is 0 Å². The molecule has 0 aromatic heterocycles. The molecule has 0 radical (unpaired) electrons. The third-order valence-corrected chi connectivity index (χ3v) is 2.36. The zero-order valence-corrected chi connectivity index (χ0v) is 12.4. The van der Waals surface area contributed by atoms with Crippen LogP contribution in [0.1, 0.15) is 60.3 Å². The Kier molecular flexibility index (Phi) is 17.1.